The van der Waals surface area contributed by atoms with Gasteiger partial charge in [0.1, 0.15) is 6.61 Å². The number of carbonyl (C=O) groups is 2. The van der Waals surface area contributed by atoms with Crippen molar-refractivity contribution >= 4 is 11.7 Å². The average molecular weight is 428 g/mol. The van der Waals surface area contributed by atoms with Gasteiger partial charge in [0.15, 0.2) is 23.4 Å². The number of aromatic nitrogens is 1. The summed E-state index contributed by atoms with van der Waals surface area (Å²) in [5, 5.41) is 2.92. The highest BCUT2D eigenvalue weighted by molar-refractivity contribution is 5.99. The summed E-state index contributed by atoms with van der Waals surface area (Å²) in [4.78, 5) is 26.8. The Bertz CT molecular complexity index is 958. The number of hydrogen-bond donors (Lipinski definition) is 1. The molecule has 0 saturated carbocycles. The minimum absolute atomic E-state index is 0.00318. The van der Waals surface area contributed by atoms with E-state index in [1.54, 1.807) is 11.9 Å². The number of nitrogens with one attached hydrogen (secondary N) is 1. The van der Waals surface area contributed by atoms with Crippen LogP contribution in [0.25, 0.3) is 0 Å². The van der Waals surface area contributed by atoms with Gasteiger partial charge in [-0.25, -0.2) is 0 Å². The summed E-state index contributed by atoms with van der Waals surface area (Å²) in [6.45, 7) is 11.2. The molecule has 1 amide bonds. The van der Waals surface area contributed by atoms with Gasteiger partial charge < -0.3 is 19.4 Å². The number of fused-ring (bicyclic) bond motifs is 1. The van der Waals surface area contributed by atoms with Gasteiger partial charge in [0.25, 0.3) is 0 Å². The molecule has 2 heterocycles. The summed E-state index contributed by atoms with van der Waals surface area (Å²) in [5.74, 6) is 1.40. The van der Waals surface area contributed by atoms with Crippen LogP contribution >= 0.6 is 0 Å². The van der Waals surface area contributed by atoms with Gasteiger partial charge in [0.05, 0.1) is 19.6 Å². The number of rotatable bonds is 7. The number of ether oxygens (including phenoxy) is 2. The first-order valence-corrected chi connectivity index (χ1v) is 10.6. The lowest BCUT2D eigenvalue weighted by Gasteiger charge is -2.27. The van der Waals surface area contributed by atoms with Crippen LogP contribution < -0.4 is 14.8 Å². The first kappa shape index (κ1) is 22.9. The normalized spacial score (nSPS) is 15.8. The quantitative estimate of drug-likeness (QED) is 0.688. The Morgan fingerprint density at radius 3 is 2.52 bits per heavy atom. The molecule has 0 bridgehead atoms. The third-order valence-electron chi connectivity index (χ3n) is 5.17. The molecule has 1 N–H and O–H groups in total. The van der Waals surface area contributed by atoms with Crippen molar-refractivity contribution in [2.45, 2.75) is 52.8 Å². The maximum atomic E-state index is 12.9. The molecule has 1 unspecified atom stereocenters. The van der Waals surface area contributed by atoms with Crippen molar-refractivity contribution in [2.24, 2.45) is 0 Å². The van der Waals surface area contributed by atoms with Crippen LogP contribution in [-0.4, -0.2) is 59.5 Å². The molecule has 31 heavy (non-hydrogen) atoms. The number of hydrogen-bond acceptors (Lipinski definition) is 5. The molecule has 1 aromatic carbocycles. The van der Waals surface area contributed by atoms with Crippen LogP contribution in [0.15, 0.2) is 30.3 Å². The molecule has 1 atom stereocenters. The Labute approximate surface area is 184 Å². The molecule has 1 aliphatic heterocycles. The summed E-state index contributed by atoms with van der Waals surface area (Å²) in [6, 6.07) is 9.55. The van der Waals surface area contributed by atoms with Gasteiger partial charge >= 0.3 is 0 Å². The summed E-state index contributed by atoms with van der Waals surface area (Å²) < 4.78 is 14.0. The van der Waals surface area contributed by atoms with Gasteiger partial charge in [-0.2, -0.15) is 0 Å². The van der Waals surface area contributed by atoms with Crippen LogP contribution in [0.4, 0.5) is 0 Å². The lowest BCUT2D eigenvalue weighted by Crippen LogP contribution is -2.45. The Kier molecular flexibility index (Phi) is 6.74. The number of ketones is 1. The maximum absolute atomic E-state index is 12.9. The largest absolute Gasteiger partial charge is 0.486 e. The average Bonchev–Trinajstić information content (AvgIpc) is 2.94. The fourth-order valence-electron chi connectivity index (χ4n) is 3.81. The first-order chi connectivity index (χ1) is 14.5. The molecular formula is C24H33N3O4. The Morgan fingerprint density at radius 2 is 1.84 bits per heavy atom. The molecule has 0 saturated heterocycles. The molecule has 0 spiro atoms. The fourth-order valence-corrected chi connectivity index (χ4v) is 3.81. The smallest absolute Gasteiger partial charge is 0.234 e. The lowest BCUT2D eigenvalue weighted by molar-refractivity contribution is -0.123. The van der Waals surface area contributed by atoms with Crippen molar-refractivity contribution in [3.8, 4) is 11.5 Å². The molecule has 7 nitrogen and oxygen atoms in total. The number of amides is 1. The van der Waals surface area contributed by atoms with Gasteiger partial charge in [-0.05, 0) is 59.9 Å². The van der Waals surface area contributed by atoms with Crippen LogP contribution in [-0.2, 0) is 11.3 Å². The highest BCUT2D eigenvalue weighted by atomic mass is 16.6. The number of aryl methyl sites for hydroxylation is 1. The van der Waals surface area contributed by atoms with Crippen molar-refractivity contribution < 1.29 is 19.1 Å². The molecular weight excluding hydrogens is 394 g/mol. The molecule has 1 aromatic heterocycles. The molecule has 7 heteroatoms. The molecule has 3 rings (SSSR count). The molecule has 0 radical (unpaired) electrons. The second-order valence-electron chi connectivity index (χ2n) is 9.29. The molecule has 2 aromatic rings. The van der Waals surface area contributed by atoms with Crippen molar-refractivity contribution in [2.75, 3.05) is 26.7 Å². The van der Waals surface area contributed by atoms with E-state index in [1.165, 1.54) is 0 Å². The van der Waals surface area contributed by atoms with E-state index in [4.69, 9.17) is 9.47 Å². The van der Waals surface area contributed by atoms with Crippen molar-refractivity contribution in [1.82, 2.24) is 14.8 Å². The van der Waals surface area contributed by atoms with Gasteiger partial charge in [-0.15, -0.1) is 0 Å². The van der Waals surface area contributed by atoms with E-state index < -0.39 is 0 Å². The predicted octanol–water partition coefficient (Wildman–Crippen LogP) is 2.97. The van der Waals surface area contributed by atoms with E-state index in [2.05, 4.69) is 9.88 Å². The summed E-state index contributed by atoms with van der Waals surface area (Å²) >= 11 is 0. The van der Waals surface area contributed by atoms with Gasteiger partial charge in [0, 0.05) is 22.5 Å². The second kappa shape index (κ2) is 9.14. The zero-order valence-electron chi connectivity index (χ0n) is 19.3. The van der Waals surface area contributed by atoms with Crippen molar-refractivity contribution in [1.29, 1.82) is 0 Å². The molecule has 168 valence electrons. The van der Waals surface area contributed by atoms with Gasteiger partial charge in [0.2, 0.25) is 5.91 Å². The fraction of sp³-hybridized carbons (Fsp3) is 0.500. The predicted molar refractivity (Wildman–Crippen MR) is 120 cm³/mol. The second-order valence-corrected chi connectivity index (χ2v) is 9.29. The Balaban J connectivity index is 1.63. The lowest BCUT2D eigenvalue weighted by atomic mass is 10.1. The molecule has 0 fully saturated rings. The van der Waals surface area contributed by atoms with E-state index in [0.717, 1.165) is 22.9 Å². The monoisotopic (exact) mass is 427 g/mol. The summed E-state index contributed by atoms with van der Waals surface area (Å²) in [5.41, 5.74) is 2.28. The van der Waals surface area contributed by atoms with E-state index in [9.17, 15) is 9.59 Å². The van der Waals surface area contributed by atoms with Crippen molar-refractivity contribution in [3.05, 3.63) is 47.3 Å². The number of para-hydroxylation sites is 2. The highest BCUT2D eigenvalue weighted by Gasteiger charge is 2.24. The minimum Gasteiger partial charge on any atom is -0.486 e. The Hall–Kier alpha value is -2.80. The van der Waals surface area contributed by atoms with E-state index >= 15 is 0 Å². The summed E-state index contributed by atoms with van der Waals surface area (Å²) in [6.07, 6.45) is -0.133. The third-order valence-corrected chi connectivity index (χ3v) is 5.17. The van der Waals surface area contributed by atoms with E-state index in [1.807, 2.05) is 65.0 Å². The van der Waals surface area contributed by atoms with Gasteiger partial charge in [-0.1, -0.05) is 12.1 Å². The van der Waals surface area contributed by atoms with Crippen LogP contribution in [0.1, 0.15) is 42.5 Å². The SMILES string of the molecule is Cc1cc(C(=O)CN(C)CC(=O)NC(C)(C)C)c(C)n1CC1COc2ccccc2O1. The number of nitrogens with zero attached hydrogens (tertiary/aromatic N) is 2. The summed E-state index contributed by atoms with van der Waals surface area (Å²) in [7, 11) is 1.78. The van der Waals surface area contributed by atoms with Crippen LogP contribution in [0.3, 0.4) is 0 Å². The van der Waals surface area contributed by atoms with Crippen LogP contribution in [0.5, 0.6) is 11.5 Å². The number of Topliss-reactive ketones (excluding diaryl/α,β-unsaturated/α-hetero) is 1. The standard InChI is InChI=1S/C24H33N3O4/c1-16-11-19(20(28)13-26(6)14-23(29)25-24(3,4)5)17(2)27(16)12-18-15-30-21-9-7-8-10-22(21)31-18/h7-11,18H,12-15H2,1-6H3,(H,25,29). The Morgan fingerprint density at radius 1 is 1.16 bits per heavy atom. The number of likely N-dealkylation sites (N-methyl/N-ethyl adjacent to an activating group) is 1. The number of carbonyl (C=O) groups excluding carboxylic acids is 2. The van der Waals surface area contributed by atoms with Crippen molar-refractivity contribution in [3.63, 3.8) is 0 Å². The maximum Gasteiger partial charge on any atom is 0.234 e. The highest BCUT2D eigenvalue weighted by Crippen LogP contribution is 2.31. The van der Waals surface area contributed by atoms with Gasteiger partial charge in [-0.3, -0.25) is 14.5 Å². The van der Waals surface area contributed by atoms with E-state index in [0.29, 0.717) is 18.7 Å². The van der Waals surface area contributed by atoms with Crippen LogP contribution in [0.2, 0.25) is 0 Å². The topological polar surface area (TPSA) is 72.8 Å². The molecule has 0 aliphatic carbocycles. The molecule has 1 aliphatic rings. The number of benzene rings is 1. The third kappa shape index (κ3) is 5.88. The first-order valence-electron chi connectivity index (χ1n) is 10.6. The zero-order valence-corrected chi connectivity index (χ0v) is 19.3. The van der Waals surface area contributed by atoms with Crippen LogP contribution in [0, 0.1) is 13.8 Å². The zero-order chi connectivity index (χ0) is 22.8. The van der Waals surface area contributed by atoms with E-state index in [-0.39, 0.29) is 36.4 Å². The minimum atomic E-state index is -0.293.